The molecule has 0 radical (unpaired) electrons. The van der Waals surface area contributed by atoms with Crippen LogP contribution >= 0.6 is 35.3 Å². The number of alkyl halides is 3. The lowest BCUT2D eigenvalue weighted by atomic mass is 10.1. The van der Waals surface area contributed by atoms with E-state index in [1.165, 1.54) is 0 Å². The molecule has 2 N–H and O–H groups in total. The van der Waals surface area contributed by atoms with Crippen LogP contribution in [0.25, 0.3) is 0 Å². The van der Waals surface area contributed by atoms with Crippen molar-refractivity contribution in [3.8, 4) is 0 Å². The van der Waals surface area contributed by atoms with Gasteiger partial charge in [-0.25, -0.2) is 4.98 Å². The molecule has 144 valence electrons. The molecule has 1 heterocycles. The summed E-state index contributed by atoms with van der Waals surface area (Å²) in [6.45, 7) is 5.05. The molecule has 0 saturated heterocycles. The Labute approximate surface area is 172 Å². The van der Waals surface area contributed by atoms with Gasteiger partial charge in [0.25, 0.3) is 0 Å². The second-order valence-corrected chi connectivity index (χ2v) is 6.35. The van der Waals surface area contributed by atoms with Crippen LogP contribution in [0.2, 0.25) is 0 Å². The lowest BCUT2D eigenvalue weighted by Crippen LogP contribution is -2.38. The molecule has 1 aromatic heterocycles. The maximum atomic E-state index is 12.6. The fraction of sp³-hybridized carbons (Fsp3) is 0.412. The minimum atomic E-state index is -4.39. The molecule has 2 aromatic rings. The molecule has 0 fully saturated rings. The fourth-order valence-electron chi connectivity index (χ4n) is 2.17. The Hall–Kier alpha value is -1.36. The monoisotopic (exact) mass is 498 g/mol. The highest BCUT2D eigenvalue weighted by Crippen LogP contribution is 2.30. The van der Waals surface area contributed by atoms with Crippen LogP contribution < -0.4 is 10.6 Å². The molecule has 0 bridgehead atoms. The Morgan fingerprint density at radius 3 is 2.54 bits per heavy atom. The lowest BCUT2D eigenvalue weighted by Gasteiger charge is -2.18. The van der Waals surface area contributed by atoms with E-state index in [1.54, 1.807) is 0 Å². The SMILES string of the molecule is CCNC(=NCCc1nc(C(F)(F)F)cs1)NC(C)c1ccccc1.I. The van der Waals surface area contributed by atoms with Crippen LogP contribution in [0.5, 0.6) is 0 Å². The van der Waals surface area contributed by atoms with Crippen molar-refractivity contribution in [1.29, 1.82) is 0 Å². The zero-order valence-corrected chi connectivity index (χ0v) is 17.7. The number of thiazole rings is 1. The number of nitrogens with one attached hydrogen (secondary N) is 2. The van der Waals surface area contributed by atoms with Crippen LogP contribution in [-0.2, 0) is 12.6 Å². The molecule has 1 unspecified atom stereocenters. The van der Waals surface area contributed by atoms with E-state index in [9.17, 15) is 13.2 Å². The van der Waals surface area contributed by atoms with Crippen molar-refractivity contribution in [3.05, 3.63) is 52.0 Å². The van der Waals surface area contributed by atoms with Gasteiger partial charge in [0.2, 0.25) is 0 Å². The standard InChI is InChI=1S/C17H21F3N4S.HI/c1-3-21-16(23-12(2)13-7-5-4-6-8-13)22-10-9-15-24-14(11-25-15)17(18,19)20;/h4-8,11-12H,3,9-10H2,1-2H3,(H2,21,22,23);1H. The van der Waals surface area contributed by atoms with Crippen LogP contribution in [0.4, 0.5) is 13.2 Å². The number of rotatable bonds is 6. The molecular weight excluding hydrogens is 476 g/mol. The maximum absolute atomic E-state index is 12.6. The minimum absolute atomic E-state index is 0. The largest absolute Gasteiger partial charge is 0.434 e. The van der Waals surface area contributed by atoms with Crippen LogP contribution in [-0.4, -0.2) is 24.0 Å². The van der Waals surface area contributed by atoms with Gasteiger partial charge in [0, 0.05) is 24.9 Å². The molecule has 9 heteroatoms. The molecule has 2 rings (SSSR count). The third kappa shape index (κ3) is 7.10. The van der Waals surface area contributed by atoms with E-state index in [-0.39, 0.29) is 30.0 Å². The van der Waals surface area contributed by atoms with Gasteiger partial charge >= 0.3 is 6.18 Å². The Morgan fingerprint density at radius 2 is 1.96 bits per heavy atom. The summed E-state index contributed by atoms with van der Waals surface area (Å²) in [5.74, 6) is 0.631. The molecule has 0 amide bonds. The van der Waals surface area contributed by atoms with Crippen molar-refractivity contribution >= 4 is 41.3 Å². The highest BCUT2D eigenvalue weighted by molar-refractivity contribution is 14.0. The third-order valence-electron chi connectivity index (χ3n) is 3.43. The van der Waals surface area contributed by atoms with E-state index < -0.39 is 11.9 Å². The van der Waals surface area contributed by atoms with Gasteiger partial charge in [-0.3, -0.25) is 4.99 Å². The Balaban J connectivity index is 0.00000338. The summed E-state index contributed by atoms with van der Waals surface area (Å²) in [6, 6.07) is 10.0. The first-order valence-electron chi connectivity index (χ1n) is 8.01. The van der Waals surface area contributed by atoms with E-state index in [2.05, 4.69) is 20.6 Å². The molecular formula is C17H22F3IN4S. The zero-order valence-electron chi connectivity index (χ0n) is 14.5. The van der Waals surface area contributed by atoms with Gasteiger partial charge < -0.3 is 10.6 Å². The topological polar surface area (TPSA) is 49.3 Å². The smallest absolute Gasteiger partial charge is 0.357 e. The number of aromatic nitrogens is 1. The molecule has 1 atom stereocenters. The Morgan fingerprint density at radius 1 is 1.27 bits per heavy atom. The predicted molar refractivity (Wildman–Crippen MR) is 110 cm³/mol. The van der Waals surface area contributed by atoms with Crippen molar-refractivity contribution in [2.24, 2.45) is 4.99 Å². The zero-order chi connectivity index (χ0) is 18.3. The first-order valence-corrected chi connectivity index (χ1v) is 8.89. The van der Waals surface area contributed by atoms with Gasteiger partial charge in [-0.05, 0) is 19.4 Å². The lowest BCUT2D eigenvalue weighted by molar-refractivity contribution is -0.140. The molecule has 4 nitrogen and oxygen atoms in total. The number of halogens is 4. The van der Waals surface area contributed by atoms with Crippen LogP contribution in [0.1, 0.15) is 36.2 Å². The number of benzene rings is 1. The molecule has 0 saturated carbocycles. The Kier molecular flexibility index (Phi) is 9.34. The van der Waals surface area contributed by atoms with Crippen molar-refractivity contribution < 1.29 is 13.2 Å². The number of aliphatic imine (C=N–C) groups is 1. The third-order valence-corrected chi connectivity index (χ3v) is 4.34. The maximum Gasteiger partial charge on any atom is 0.434 e. The van der Waals surface area contributed by atoms with Crippen molar-refractivity contribution in [2.45, 2.75) is 32.5 Å². The summed E-state index contributed by atoms with van der Waals surface area (Å²) in [5, 5.41) is 7.91. The number of nitrogens with zero attached hydrogens (tertiary/aromatic N) is 2. The summed E-state index contributed by atoms with van der Waals surface area (Å²) >= 11 is 1.01. The molecule has 0 aliphatic heterocycles. The van der Waals surface area contributed by atoms with Gasteiger partial charge in [-0.1, -0.05) is 30.3 Å². The number of guanidine groups is 1. The summed E-state index contributed by atoms with van der Waals surface area (Å²) in [5.41, 5.74) is 0.294. The Bertz CT molecular complexity index is 689. The van der Waals surface area contributed by atoms with Gasteiger partial charge in [0.15, 0.2) is 11.7 Å². The second-order valence-electron chi connectivity index (χ2n) is 5.41. The van der Waals surface area contributed by atoms with Gasteiger partial charge in [-0.15, -0.1) is 35.3 Å². The van der Waals surface area contributed by atoms with E-state index in [4.69, 9.17) is 0 Å². The summed E-state index contributed by atoms with van der Waals surface area (Å²) in [6.07, 6.45) is -4.02. The predicted octanol–water partition coefficient (Wildman–Crippen LogP) is 4.64. The average Bonchev–Trinajstić information content (AvgIpc) is 3.05. The van der Waals surface area contributed by atoms with Crippen LogP contribution in [0, 0.1) is 0 Å². The van der Waals surface area contributed by atoms with Gasteiger partial charge in [0.1, 0.15) is 0 Å². The van der Waals surface area contributed by atoms with Gasteiger partial charge in [-0.2, -0.15) is 13.2 Å². The quantitative estimate of drug-likeness (QED) is 0.347. The fourth-order valence-corrected chi connectivity index (χ4v) is 2.96. The molecule has 0 aliphatic carbocycles. The average molecular weight is 498 g/mol. The van der Waals surface area contributed by atoms with Crippen molar-refractivity contribution in [2.75, 3.05) is 13.1 Å². The molecule has 0 aliphatic rings. The van der Waals surface area contributed by atoms with Gasteiger partial charge in [0.05, 0.1) is 11.0 Å². The molecule has 26 heavy (non-hydrogen) atoms. The van der Waals surface area contributed by atoms with E-state index in [0.29, 0.717) is 30.5 Å². The van der Waals surface area contributed by atoms with E-state index in [0.717, 1.165) is 22.3 Å². The first kappa shape index (κ1) is 22.7. The van der Waals surface area contributed by atoms with Crippen LogP contribution in [0.3, 0.4) is 0 Å². The summed E-state index contributed by atoms with van der Waals surface area (Å²) in [4.78, 5) is 8.04. The van der Waals surface area contributed by atoms with Crippen molar-refractivity contribution in [3.63, 3.8) is 0 Å². The van der Waals surface area contributed by atoms with Crippen LogP contribution in [0.15, 0.2) is 40.7 Å². The second kappa shape index (κ2) is 10.7. The number of hydrogen-bond acceptors (Lipinski definition) is 3. The first-order chi connectivity index (χ1) is 11.9. The molecule has 0 spiro atoms. The highest BCUT2D eigenvalue weighted by atomic mass is 127. The summed E-state index contributed by atoms with van der Waals surface area (Å²) in [7, 11) is 0. The molecule has 1 aromatic carbocycles. The normalized spacial score (nSPS) is 13.0. The minimum Gasteiger partial charge on any atom is -0.357 e. The van der Waals surface area contributed by atoms with Crippen molar-refractivity contribution in [1.82, 2.24) is 15.6 Å². The number of hydrogen-bond donors (Lipinski definition) is 2. The summed E-state index contributed by atoms with van der Waals surface area (Å²) < 4.78 is 37.7. The van der Waals surface area contributed by atoms with E-state index in [1.807, 2.05) is 44.2 Å². The highest BCUT2D eigenvalue weighted by Gasteiger charge is 2.33. The van der Waals surface area contributed by atoms with E-state index >= 15 is 0 Å².